The highest BCUT2D eigenvalue weighted by Gasteiger charge is 2.22. The second-order valence-electron chi connectivity index (χ2n) is 7.23. The fourth-order valence-electron chi connectivity index (χ4n) is 3.13. The maximum Gasteiger partial charge on any atom is 0.253 e. The fourth-order valence-corrected chi connectivity index (χ4v) is 3.99. The summed E-state index contributed by atoms with van der Waals surface area (Å²) in [6, 6.07) is 22.3. The predicted octanol–water partition coefficient (Wildman–Crippen LogP) is 3.03. The summed E-state index contributed by atoms with van der Waals surface area (Å²) in [4.78, 5) is 25.4. The van der Waals surface area contributed by atoms with Gasteiger partial charge in [0.2, 0.25) is 15.9 Å². The number of hydrogen-bond acceptors (Lipinski definition) is 5. The first-order valence-corrected chi connectivity index (χ1v) is 12.0. The van der Waals surface area contributed by atoms with Crippen LogP contribution in [0.25, 0.3) is 0 Å². The molecule has 0 saturated carbocycles. The third-order valence-corrected chi connectivity index (χ3v) is 5.93. The molecule has 0 aromatic heterocycles. The molecule has 0 aliphatic heterocycles. The summed E-state index contributed by atoms with van der Waals surface area (Å²) in [6.45, 7) is -0.119. The minimum atomic E-state index is -3.74. The number of carbonyl (C=O) groups is 2. The quantitative estimate of drug-likeness (QED) is 0.503. The normalized spacial score (nSPS) is 10.8. The summed E-state index contributed by atoms with van der Waals surface area (Å²) in [7, 11) is -2.23. The minimum absolute atomic E-state index is 0.275. The number of nitrogens with zero attached hydrogens (tertiary/aromatic N) is 1. The number of hydrogen-bond donors (Lipinski definition) is 2. The number of ether oxygens (including phenoxy) is 1. The van der Waals surface area contributed by atoms with Crippen LogP contribution in [0, 0.1) is 0 Å². The number of methoxy groups -OCH3 is 1. The van der Waals surface area contributed by atoms with E-state index in [0.717, 1.165) is 16.1 Å². The Bertz CT molecular complexity index is 1210. The van der Waals surface area contributed by atoms with Gasteiger partial charge in [0.05, 0.1) is 30.3 Å². The van der Waals surface area contributed by atoms with E-state index in [2.05, 4.69) is 10.6 Å². The molecule has 0 aliphatic rings. The molecule has 0 radical (unpaired) electrons. The van der Waals surface area contributed by atoms with Gasteiger partial charge in [0, 0.05) is 6.54 Å². The van der Waals surface area contributed by atoms with Gasteiger partial charge in [-0.2, -0.15) is 0 Å². The molecule has 0 atom stereocenters. The van der Waals surface area contributed by atoms with Crippen molar-refractivity contribution in [2.75, 3.05) is 29.5 Å². The highest BCUT2D eigenvalue weighted by atomic mass is 32.2. The molecule has 0 unspecified atom stereocenters. The van der Waals surface area contributed by atoms with Crippen LogP contribution in [-0.4, -0.2) is 40.1 Å². The lowest BCUT2D eigenvalue weighted by Crippen LogP contribution is -2.37. The maximum absolute atomic E-state index is 12.7. The van der Waals surface area contributed by atoms with Crippen LogP contribution in [0.1, 0.15) is 15.9 Å². The van der Waals surface area contributed by atoms with E-state index >= 15 is 0 Å². The van der Waals surface area contributed by atoms with Crippen molar-refractivity contribution in [2.24, 2.45) is 0 Å². The van der Waals surface area contributed by atoms with Gasteiger partial charge >= 0.3 is 0 Å². The summed E-state index contributed by atoms with van der Waals surface area (Å²) >= 11 is 0. The van der Waals surface area contributed by atoms with E-state index in [0.29, 0.717) is 18.0 Å². The van der Waals surface area contributed by atoms with Crippen LogP contribution in [0.5, 0.6) is 5.75 Å². The Morgan fingerprint density at radius 2 is 1.55 bits per heavy atom. The van der Waals surface area contributed by atoms with E-state index in [4.69, 9.17) is 4.74 Å². The molecule has 0 aliphatic carbocycles. The minimum Gasteiger partial charge on any atom is -0.497 e. The van der Waals surface area contributed by atoms with Gasteiger partial charge in [0.1, 0.15) is 12.3 Å². The van der Waals surface area contributed by atoms with Crippen LogP contribution < -0.4 is 19.7 Å². The van der Waals surface area contributed by atoms with Crippen LogP contribution >= 0.6 is 0 Å². The van der Waals surface area contributed by atoms with Gasteiger partial charge < -0.3 is 15.4 Å². The number of sulfonamides is 1. The Hall–Kier alpha value is -3.85. The second kappa shape index (κ2) is 10.6. The molecule has 0 fully saturated rings. The molecule has 0 bridgehead atoms. The predicted molar refractivity (Wildman–Crippen MR) is 128 cm³/mol. The third kappa shape index (κ3) is 6.56. The highest BCUT2D eigenvalue weighted by molar-refractivity contribution is 7.92. The molecule has 0 saturated heterocycles. The average molecular weight is 468 g/mol. The Kier molecular flexibility index (Phi) is 7.68. The number of amides is 2. The highest BCUT2D eigenvalue weighted by Crippen LogP contribution is 2.22. The summed E-state index contributed by atoms with van der Waals surface area (Å²) in [5.41, 5.74) is 1.83. The molecule has 0 heterocycles. The van der Waals surface area contributed by atoms with Gasteiger partial charge in [-0.25, -0.2) is 8.42 Å². The van der Waals surface area contributed by atoms with Crippen molar-refractivity contribution in [2.45, 2.75) is 6.54 Å². The van der Waals surface area contributed by atoms with Gasteiger partial charge in [0.25, 0.3) is 5.91 Å². The van der Waals surface area contributed by atoms with Crippen molar-refractivity contribution < 1.29 is 22.7 Å². The molecule has 3 aromatic carbocycles. The summed E-state index contributed by atoms with van der Waals surface area (Å²) in [5, 5.41) is 5.48. The Balaban J connectivity index is 1.73. The molecule has 2 N–H and O–H groups in total. The number of anilines is 2. The van der Waals surface area contributed by atoms with E-state index in [1.54, 1.807) is 48.5 Å². The second-order valence-corrected chi connectivity index (χ2v) is 9.14. The molecular formula is C24H25N3O5S. The summed E-state index contributed by atoms with van der Waals surface area (Å²) in [6.07, 6.45) is 1.02. The fraction of sp³-hybridized carbons (Fsp3) is 0.167. The van der Waals surface area contributed by atoms with Crippen LogP contribution in [-0.2, 0) is 21.4 Å². The molecule has 3 aromatic rings. The van der Waals surface area contributed by atoms with Gasteiger partial charge in [-0.15, -0.1) is 0 Å². The Morgan fingerprint density at radius 3 is 2.18 bits per heavy atom. The van der Waals surface area contributed by atoms with E-state index in [1.165, 1.54) is 7.11 Å². The van der Waals surface area contributed by atoms with Crippen molar-refractivity contribution in [1.29, 1.82) is 0 Å². The zero-order valence-electron chi connectivity index (χ0n) is 18.3. The lowest BCUT2D eigenvalue weighted by molar-refractivity contribution is -0.114. The Morgan fingerprint density at radius 1 is 0.909 bits per heavy atom. The van der Waals surface area contributed by atoms with Gasteiger partial charge in [0.15, 0.2) is 0 Å². The first kappa shape index (κ1) is 23.8. The van der Waals surface area contributed by atoms with Crippen LogP contribution in [0.4, 0.5) is 11.4 Å². The topological polar surface area (TPSA) is 105 Å². The number of nitrogens with one attached hydrogen (secondary N) is 2. The summed E-state index contributed by atoms with van der Waals surface area (Å²) < 4.78 is 30.7. The van der Waals surface area contributed by atoms with Crippen LogP contribution in [0.3, 0.4) is 0 Å². The van der Waals surface area contributed by atoms with Crippen LogP contribution in [0.2, 0.25) is 0 Å². The van der Waals surface area contributed by atoms with E-state index < -0.39 is 22.5 Å². The molecule has 9 heteroatoms. The van der Waals surface area contributed by atoms with Crippen molar-refractivity contribution in [1.82, 2.24) is 5.32 Å². The Labute approximate surface area is 193 Å². The van der Waals surface area contributed by atoms with Gasteiger partial charge in [-0.05, 0) is 42.0 Å². The molecule has 8 nitrogen and oxygen atoms in total. The average Bonchev–Trinajstić information content (AvgIpc) is 2.81. The largest absolute Gasteiger partial charge is 0.497 e. The standard InChI is InChI=1S/C24H25N3O5S/c1-32-20-14-12-19(13-15-20)27(33(2,30)31)17-23(28)26-22-11-7-6-10-21(22)24(29)25-16-18-8-4-3-5-9-18/h3-15H,16-17H2,1-2H3,(H,25,29)(H,26,28). The number of para-hydroxylation sites is 1. The maximum atomic E-state index is 12.7. The van der Waals surface area contributed by atoms with Gasteiger partial charge in [-0.1, -0.05) is 42.5 Å². The lowest BCUT2D eigenvalue weighted by Gasteiger charge is -2.22. The van der Waals surface area contributed by atoms with Gasteiger partial charge in [-0.3, -0.25) is 13.9 Å². The first-order chi connectivity index (χ1) is 15.8. The van der Waals surface area contributed by atoms with Crippen molar-refractivity contribution in [3.8, 4) is 5.75 Å². The molecule has 2 amide bonds. The zero-order valence-corrected chi connectivity index (χ0v) is 19.1. The molecule has 3 rings (SSSR count). The van der Waals surface area contributed by atoms with Crippen molar-refractivity contribution in [3.05, 3.63) is 90.0 Å². The van der Waals surface area contributed by atoms with Crippen molar-refractivity contribution >= 4 is 33.2 Å². The van der Waals surface area contributed by atoms with Crippen molar-refractivity contribution in [3.63, 3.8) is 0 Å². The number of benzene rings is 3. The summed E-state index contributed by atoms with van der Waals surface area (Å²) in [5.74, 6) is -0.378. The van der Waals surface area contributed by atoms with E-state index in [1.807, 2.05) is 30.3 Å². The smallest absolute Gasteiger partial charge is 0.253 e. The zero-order chi connectivity index (χ0) is 23.8. The molecule has 33 heavy (non-hydrogen) atoms. The lowest BCUT2D eigenvalue weighted by atomic mass is 10.1. The number of rotatable bonds is 9. The number of carbonyl (C=O) groups excluding carboxylic acids is 2. The molecule has 172 valence electrons. The van der Waals surface area contributed by atoms with Crippen LogP contribution in [0.15, 0.2) is 78.9 Å². The van der Waals surface area contributed by atoms with E-state index in [9.17, 15) is 18.0 Å². The SMILES string of the molecule is COc1ccc(N(CC(=O)Nc2ccccc2C(=O)NCc2ccccc2)S(C)(=O)=O)cc1. The molecule has 0 spiro atoms. The monoisotopic (exact) mass is 467 g/mol. The third-order valence-electron chi connectivity index (χ3n) is 4.79. The molecular weight excluding hydrogens is 442 g/mol. The first-order valence-electron chi connectivity index (χ1n) is 10.1. The van der Waals surface area contributed by atoms with E-state index in [-0.39, 0.29) is 17.2 Å².